The molecule has 0 radical (unpaired) electrons. The minimum Gasteiger partial charge on any atom is -0.349 e. The summed E-state index contributed by atoms with van der Waals surface area (Å²) in [5, 5.41) is 2.79. The molecule has 2 fully saturated rings. The number of hydrogen-bond donors (Lipinski definition) is 2. The van der Waals surface area contributed by atoms with Crippen molar-refractivity contribution in [2.75, 3.05) is 0 Å². The maximum absolute atomic E-state index is 12.2. The van der Waals surface area contributed by atoms with Crippen molar-refractivity contribution >= 4 is 22.8 Å². The Morgan fingerprint density at radius 1 is 0.707 bits per heavy atom. The normalized spacial score (nSPS) is 21.9. The molecule has 0 aliphatic heterocycles. The monoisotopic (exact) mass is 582 g/mol. The van der Waals surface area contributed by atoms with Crippen LogP contribution in [-0.4, -0.2) is 23.2 Å². The third-order valence-electron chi connectivity index (χ3n) is 8.45. The van der Waals surface area contributed by atoms with E-state index in [-0.39, 0.29) is 11.1 Å². The summed E-state index contributed by atoms with van der Waals surface area (Å²) in [4.78, 5) is 22.9. The number of unbranched alkanes of at least 4 members (excludes halogenated alkanes) is 2. The molecule has 1 amide bonds. The Morgan fingerprint density at radius 3 is 1.51 bits per heavy atom. The van der Waals surface area contributed by atoms with Crippen LogP contribution < -0.4 is 11.1 Å². The van der Waals surface area contributed by atoms with Gasteiger partial charge in [-0.05, 0) is 136 Å². The predicted octanol–water partition coefficient (Wildman–Crippen LogP) is 9.27. The Kier molecular flexibility index (Phi) is 17.0. The van der Waals surface area contributed by atoms with E-state index in [1.165, 1.54) is 75.3 Å². The van der Waals surface area contributed by atoms with E-state index in [4.69, 9.17) is 17.3 Å². The summed E-state index contributed by atoms with van der Waals surface area (Å²) in [5.74, 6) is 1.85. The van der Waals surface area contributed by atoms with E-state index in [1.807, 2.05) is 24.3 Å². The lowest BCUT2D eigenvalue weighted by Crippen LogP contribution is -2.37. The summed E-state index contributed by atoms with van der Waals surface area (Å²) in [6, 6.07) is 16.5. The minimum atomic E-state index is -0.387. The predicted molar refractivity (Wildman–Crippen MR) is 175 cm³/mol. The van der Waals surface area contributed by atoms with Gasteiger partial charge < -0.3 is 11.1 Å². The molecule has 3 N–H and O–H groups in total. The van der Waals surface area contributed by atoms with Crippen LogP contribution in [-0.2, 0) is 12.8 Å². The molecule has 0 atom stereocenters. The van der Waals surface area contributed by atoms with E-state index in [9.17, 15) is 9.59 Å². The molecule has 41 heavy (non-hydrogen) atoms. The second kappa shape index (κ2) is 19.9. The quantitative estimate of drug-likeness (QED) is 0.289. The van der Waals surface area contributed by atoms with Gasteiger partial charge in [-0.2, -0.15) is 0 Å². The number of carbonyl (C=O) groups excluding carboxylic acids is 2. The average molecular weight is 583 g/mol. The number of amides is 1. The molecule has 2 aromatic rings. The van der Waals surface area contributed by atoms with Crippen LogP contribution in [0.15, 0.2) is 48.5 Å². The summed E-state index contributed by atoms with van der Waals surface area (Å²) in [7, 11) is 0. The SMILES string of the molecule is CC1CCC(N)CC1.CCCCc1ccc(C(=O)Cl)cc1.CCCCc1ccc(C(=O)NC2CCC(C)CC2)cc1. The molecular weight excluding hydrogens is 528 g/mol. The van der Waals surface area contributed by atoms with Crippen molar-refractivity contribution in [2.24, 2.45) is 17.6 Å². The standard InChI is InChI=1S/C18H27NO.C11H13ClO.C7H15N/c1-3-4-5-15-8-10-16(11-9-15)18(20)19-17-12-6-14(2)7-13-17;1-2-3-4-9-5-7-10(8-6-9)11(12)13;1-6-2-4-7(8)5-3-6/h8-11,14,17H,3-7,12-13H2,1-2H3,(H,19,20);5-8H,2-4H2,1H3;6-7H,2-5,8H2,1H3. The molecule has 0 spiro atoms. The third kappa shape index (κ3) is 14.5. The molecular formula is C36H55ClN2O2. The minimum absolute atomic E-state index is 0.0894. The van der Waals surface area contributed by atoms with Crippen molar-refractivity contribution in [3.63, 3.8) is 0 Å². The van der Waals surface area contributed by atoms with Gasteiger partial charge in [0.05, 0.1) is 0 Å². The highest BCUT2D eigenvalue weighted by Crippen LogP contribution is 2.24. The first kappa shape index (κ1) is 35.0. The number of rotatable bonds is 9. The fourth-order valence-electron chi connectivity index (χ4n) is 5.35. The lowest BCUT2D eigenvalue weighted by Gasteiger charge is -2.26. The van der Waals surface area contributed by atoms with Gasteiger partial charge in [0.2, 0.25) is 0 Å². The lowest BCUT2D eigenvalue weighted by molar-refractivity contribution is 0.0922. The van der Waals surface area contributed by atoms with E-state index < -0.39 is 0 Å². The van der Waals surface area contributed by atoms with Gasteiger partial charge in [-0.15, -0.1) is 0 Å². The van der Waals surface area contributed by atoms with Crippen molar-refractivity contribution in [2.45, 2.75) is 130 Å². The molecule has 0 bridgehead atoms. The van der Waals surface area contributed by atoms with Gasteiger partial charge in [0.15, 0.2) is 0 Å². The number of carbonyl (C=O) groups is 2. The van der Waals surface area contributed by atoms with Crippen LogP contribution >= 0.6 is 11.6 Å². The lowest BCUT2D eigenvalue weighted by atomic mass is 9.87. The van der Waals surface area contributed by atoms with E-state index in [1.54, 1.807) is 12.1 Å². The molecule has 4 rings (SSSR count). The molecule has 2 aliphatic rings. The highest BCUT2D eigenvalue weighted by Gasteiger charge is 2.20. The number of nitrogens with one attached hydrogen (secondary N) is 1. The average Bonchev–Trinajstić information content (AvgIpc) is 2.99. The zero-order valence-corrected chi connectivity index (χ0v) is 26.9. The van der Waals surface area contributed by atoms with Gasteiger partial charge in [0.1, 0.15) is 0 Å². The van der Waals surface area contributed by atoms with Gasteiger partial charge in [0, 0.05) is 23.2 Å². The fourth-order valence-corrected chi connectivity index (χ4v) is 5.47. The highest BCUT2D eigenvalue weighted by molar-refractivity contribution is 6.67. The van der Waals surface area contributed by atoms with Crippen molar-refractivity contribution in [1.82, 2.24) is 5.32 Å². The topological polar surface area (TPSA) is 72.2 Å². The van der Waals surface area contributed by atoms with Crippen LogP contribution in [0, 0.1) is 11.8 Å². The molecule has 4 nitrogen and oxygen atoms in total. The first-order valence-electron chi connectivity index (χ1n) is 16.2. The summed E-state index contributed by atoms with van der Waals surface area (Å²) < 4.78 is 0. The number of benzene rings is 2. The zero-order chi connectivity index (χ0) is 30.0. The third-order valence-corrected chi connectivity index (χ3v) is 8.66. The maximum Gasteiger partial charge on any atom is 0.252 e. The Bertz CT molecular complexity index is 979. The summed E-state index contributed by atoms with van der Waals surface area (Å²) >= 11 is 5.32. The van der Waals surface area contributed by atoms with Gasteiger partial charge in [0.25, 0.3) is 11.1 Å². The van der Waals surface area contributed by atoms with Crippen LogP contribution in [0.1, 0.15) is 137 Å². The van der Waals surface area contributed by atoms with Crippen molar-refractivity contribution in [3.05, 3.63) is 70.8 Å². The van der Waals surface area contributed by atoms with Gasteiger partial charge in [-0.3, -0.25) is 9.59 Å². The van der Waals surface area contributed by atoms with Crippen LogP contribution in [0.3, 0.4) is 0 Å². The summed E-state index contributed by atoms with van der Waals surface area (Å²) in [6.07, 6.45) is 16.9. The Hall–Kier alpha value is -2.17. The van der Waals surface area contributed by atoms with E-state index in [0.29, 0.717) is 17.6 Å². The Balaban J connectivity index is 0.000000239. The zero-order valence-electron chi connectivity index (χ0n) is 26.1. The van der Waals surface area contributed by atoms with E-state index in [0.717, 1.165) is 43.1 Å². The molecule has 0 unspecified atom stereocenters. The fraction of sp³-hybridized carbons (Fsp3) is 0.611. The molecule has 2 aliphatic carbocycles. The number of hydrogen-bond acceptors (Lipinski definition) is 3. The van der Waals surface area contributed by atoms with Crippen molar-refractivity contribution in [1.29, 1.82) is 0 Å². The first-order valence-corrected chi connectivity index (χ1v) is 16.5. The van der Waals surface area contributed by atoms with Gasteiger partial charge >= 0.3 is 0 Å². The smallest absolute Gasteiger partial charge is 0.252 e. The molecule has 228 valence electrons. The van der Waals surface area contributed by atoms with Crippen LogP contribution in [0.5, 0.6) is 0 Å². The van der Waals surface area contributed by atoms with Gasteiger partial charge in [-0.25, -0.2) is 0 Å². The van der Waals surface area contributed by atoms with E-state index >= 15 is 0 Å². The number of aryl methyl sites for hydroxylation is 2. The molecule has 0 heterocycles. The summed E-state index contributed by atoms with van der Waals surface area (Å²) in [6.45, 7) is 8.97. The van der Waals surface area contributed by atoms with Crippen LogP contribution in [0.25, 0.3) is 0 Å². The largest absolute Gasteiger partial charge is 0.349 e. The molecule has 5 heteroatoms. The van der Waals surface area contributed by atoms with Crippen LogP contribution in [0.4, 0.5) is 0 Å². The van der Waals surface area contributed by atoms with Crippen molar-refractivity contribution < 1.29 is 9.59 Å². The Labute approximate surface area is 255 Å². The van der Waals surface area contributed by atoms with Crippen molar-refractivity contribution in [3.8, 4) is 0 Å². The van der Waals surface area contributed by atoms with E-state index in [2.05, 4.69) is 45.1 Å². The second-order valence-corrected chi connectivity index (χ2v) is 12.7. The maximum atomic E-state index is 12.2. The highest BCUT2D eigenvalue weighted by atomic mass is 35.5. The van der Waals surface area contributed by atoms with Gasteiger partial charge in [-0.1, -0.05) is 64.8 Å². The first-order chi connectivity index (χ1) is 19.7. The molecule has 0 saturated heterocycles. The molecule has 0 aromatic heterocycles. The number of nitrogens with two attached hydrogens (primary N) is 1. The molecule has 2 aromatic carbocycles. The van der Waals surface area contributed by atoms with Crippen LogP contribution in [0.2, 0.25) is 0 Å². The number of halogens is 1. The molecule has 2 saturated carbocycles. The Morgan fingerprint density at radius 2 is 1.12 bits per heavy atom. The summed E-state index contributed by atoms with van der Waals surface area (Å²) in [5.41, 5.74) is 9.66. The second-order valence-electron chi connectivity index (χ2n) is 12.3.